The topological polar surface area (TPSA) is 55.8 Å². The molecule has 16 heavy (non-hydrogen) atoms. The molecule has 0 aromatic heterocycles. The van der Waals surface area contributed by atoms with Crippen molar-refractivity contribution in [1.29, 1.82) is 0 Å². The molecular formula is C12H16O4. The van der Waals surface area contributed by atoms with E-state index in [2.05, 4.69) is 4.74 Å². The second-order valence-corrected chi connectivity index (χ2v) is 3.27. The van der Waals surface area contributed by atoms with Crippen molar-refractivity contribution in [2.75, 3.05) is 13.2 Å². The quantitative estimate of drug-likeness (QED) is 0.449. The van der Waals surface area contributed by atoms with Crippen molar-refractivity contribution >= 4 is 5.97 Å². The van der Waals surface area contributed by atoms with Crippen LogP contribution in [-0.2, 0) is 20.9 Å². The molecule has 0 amide bonds. The lowest BCUT2D eigenvalue weighted by molar-refractivity contribution is -0.156. The molecule has 1 rings (SSSR count). The zero-order chi connectivity index (χ0) is 11.8. The fraction of sp³-hybridized carbons (Fsp3) is 0.417. The molecule has 0 saturated heterocycles. The van der Waals surface area contributed by atoms with Crippen molar-refractivity contribution in [1.82, 2.24) is 0 Å². The molecule has 0 spiro atoms. The lowest BCUT2D eigenvalue weighted by Gasteiger charge is -2.10. The van der Waals surface area contributed by atoms with Crippen LogP contribution in [0.1, 0.15) is 12.5 Å². The van der Waals surface area contributed by atoms with E-state index in [4.69, 9.17) is 4.74 Å². The van der Waals surface area contributed by atoms with E-state index < -0.39 is 12.1 Å². The lowest BCUT2D eigenvalue weighted by Crippen LogP contribution is -2.27. The molecule has 0 aliphatic carbocycles. The zero-order valence-electron chi connectivity index (χ0n) is 9.26. The van der Waals surface area contributed by atoms with Crippen LogP contribution in [-0.4, -0.2) is 30.4 Å². The summed E-state index contributed by atoms with van der Waals surface area (Å²) < 4.78 is 9.84. The van der Waals surface area contributed by atoms with E-state index in [0.717, 1.165) is 5.56 Å². The standard InChI is InChI=1S/C12H16O4/c1-2-16-12(14)11(13)9-15-8-10-6-4-3-5-7-10/h3-7,11,13H,2,8-9H2,1H3/i12+1,14+2. The fourth-order valence-electron chi connectivity index (χ4n) is 1.17. The average Bonchev–Trinajstić information content (AvgIpc) is 2.30. The molecule has 0 fully saturated rings. The van der Waals surface area contributed by atoms with Gasteiger partial charge in [0.25, 0.3) is 0 Å². The Morgan fingerprint density at radius 3 is 2.69 bits per heavy atom. The first-order valence-corrected chi connectivity index (χ1v) is 5.20. The molecule has 1 aromatic rings. The summed E-state index contributed by atoms with van der Waals surface area (Å²) >= 11 is 0. The van der Waals surface area contributed by atoms with E-state index in [1.807, 2.05) is 30.3 Å². The van der Waals surface area contributed by atoms with Crippen molar-refractivity contribution in [3.63, 3.8) is 0 Å². The summed E-state index contributed by atoms with van der Waals surface area (Å²) in [7, 11) is 0. The van der Waals surface area contributed by atoms with Crippen LogP contribution >= 0.6 is 0 Å². The smallest absolute Gasteiger partial charge is 0.337 e. The Balaban J connectivity index is 2.23. The molecule has 1 unspecified atom stereocenters. The molecule has 0 bridgehead atoms. The minimum atomic E-state index is -1.20. The van der Waals surface area contributed by atoms with Gasteiger partial charge in [0.05, 0.1) is 19.8 Å². The molecule has 0 aliphatic heterocycles. The SMILES string of the molecule is CCO[13C](=[18O])C(O)COCc1ccccc1. The summed E-state index contributed by atoms with van der Waals surface area (Å²) in [6.07, 6.45) is -1.20. The summed E-state index contributed by atoms with van der Waals surface area (Å²) in [4.78, 5) is 11.0. The summed E-state index contributed by atoms with van der Waals surface area (Å²) in [5.41, 5.74) is 0.999. The Morgan fingerprint density at radius 2 is 2.06 bits per heavy atom. The first-order valence-electron chi connectivity index (χ1n) is 5.20. The lowest BCUT2D eigenvalue weighted by atomic mass is 10.2. The second kappa shape index (κ2) is 6.98. The van der Waals surface area contributed by atoms with E-state index in [0.29, 0.717) is 6.61 Å². The number of rotatable bonds is 6. The van der Waals surface area contributed by atoms with E-state index in [1.165, 1.54) is 0 Å². The van der Waals surface area contributed by atoms with Gasteiger partial charge in [-0.1, -0.05) is 30.3 Å². The minimum Gasteiger partial charge on any atom is -0.464 e. The highest BCUT2D eigenvalue weighted by molar-refractivity contribution is 5.74. The van der Waals surface area contributed by atoms with Crippen LogP contribution < -0.4 is 0 Å². The third-order valence-corrected chi connectivity index (χ3v) is 1.95. The predicted molar refractivity (Wildman–Crippen MR) is 58.7 cm³/mol. The van der Waals surface area contributed by atoms with Crippen molar-refractivity contribution in [3.05, 3.63) is 35.9 Å². The van der Waals surface area contributed by atoms with Crippen LogP contribution in [0.25, 0.3) is 0 Å². The Hall–Kier alpha value is -1.39. The number of carbonyl (C=O) groups is 1. The van der Waals surface area contributed by atoms with Gasteiger partial charge in [-0.15, -0.1) is 0 Å². The van der Waals surface area contributed by atoms with Crippen molar-refractivity contribution in [2.24, 2.45) is 0 Å². The highest BCUT2D eigenvalue weighted by Crippen LogP contribution is 2.01. The summed E-state index contributed by atoms with van der Waals surface area (Å²) in [6.45, 7) is 2.27. The van der Waals surface area contributed by atoms with Gasteiger partial charge >= 0.3 is 5.97 Å². The van der Waals surface area contributed by atoms with Crippen molar-refractivity contribution in [2.45, 2.75) is 19.6 Å². The Labute approximate surface area is 94.8 Å². The highest BCUT2D eigenvalue weighted by Gasteiger charge is 2.15. The molecule has 1 N–H and O–H groups in total. The van der Waals surface area contributed by atoms with Gasteiger partial charge in [-0.05, 0) is 12.5 Å². The Kier molecular flexibility index (Phi) is 5.53. The number of benzene rings is 1. The van der Waals surface area contributed by atoms with Crippen molar-refractivity contribution < 1.29 is 19.4 Å². The van der Waals surface area contributed by atoms with Gasteiger partial charge in [0.1, 0.15) is 0 Å². The summed E-state index contributed by atoms with van der Waals surface area (Å²) in [6, 6.07) is 9.55. The summed E-state index contributed by atoms with van der Waals surface area (Å²) in [5.74, 6) is -0.643. The number of carbonyl (C=O) groups excluding carboxylic acids is 1. The van der Waals surface area contributed by atoms with Crippen LogP contribution in [0.3, 0.4) is 0 Å². The van der Waals surface area contributed by atoms with Gasteiger partial charge in [-0.3, -0.25) is 0 Å². The summed E-state index contributed by atoms with van der Waals surface area (Å²) in [5, 5.41) is 9.33. The predicted octanol–water partition coefficient (Wildman–Crippen LogP) is 1.13. The molecule has 4 nitrogen and oxygen atoms in total. The maximum Gasteiger partial charge on any atom is 0.337 e. The number of ether oxygens (including phenoxy) is 2. The maximum absolute atomic E-state index is 11.0. The van der Waals surface area contributed by atoms with Gasteiger partial charge in [0, 0.05) is 0 Å². The van der Waals surface area contributed by atoms with E-state index >= 15 is 0 Å². The third kappa shape index (κ3) is 4.42. The normalized spacial score (nSPS) is 12.1. The molecule has 0 aliphatic rings. The van der Waals surface area contributed by atoms with Crippen molar-refractivity contribution in [3.8, 4) is 0 Å². The van der Waals surface area contributed by atoms with Gasteiger partial charge in [-0.2, -0.15) is 0 Å². The van der Waals surface area contributed by atoms with E-state index in [9.17, 15) is 9.90 Å². The first kappa shape index (κ1) is 12.7. The molecule has 0 heterocycles. The molecule has 1 aromatic carbocycles. The van der Waals surface area contributed by atoms with Crippen LogP contribution in [0.2, 0.25) is 0 Å². The minimum absolute atomic E-state index is 0.0479. The van der Waals surface area contributed by atoms with Crippen LogP contribution in [0.5, 0.6) is 0 Å². The monoisotopic (exact) mass is 227 g/mol. The fourth-order valence-corrected chi connectivity index (χ4v) is 1.17. The highest BCUT2D eigenvalue weighted by atomic mass is 18.1. The molecular weight excluding hydrogens is 211 g/mol. The average molecular weight is 227 g/mol. The Bertz CT molecular complexity index is 310. The second-order valence-electron chi connectivity index (χ2n) is 3.27. The zero-order valence-corrected chi connectivity index (χ0v) is 9.26. The van der Waals surface area contributed by atoms with Crippen LogP contribution in [0.4, 0.5) is 0 Å². The largest absolute Gasteiger partial charge is 0.464 e. The molecule has 0 saturated carbocycles. The van der Waals surface area contributed by atoms with Gasteiger partial charge < -0.3 is 14.6 Å². The van der Waals surface area contributed by atoms with Gasteiger partial charge in [-0.25, -0.2) is 4.79 Å². The van der Waals surface area contributed by atoms with E-state index in [-0.39, 0.29) is 13.2 Å². The first-order chi connectivity index (χ1) is 7.74. The maximum atomic E-state index is 11.0. The molecule has 88 valence electrons. The Morgan fingerprint density at radius 1 is 1.38 bits per heavy atom. The van der Waals surface area contributed by atoms with Gasteiger partial charge in [0.15, 0.2) is 6.10 Å². The number of aliphatic hydroxyl groups is 1. The number of esters is 1. The number of aliphatic hydroxyl groups excluding tert-OH is 1. The van der Waals surface area contributed by atoms with Crippen LogP contribution in [0.15, 0.2) is 30.3 Å². The van der Waals surface area contributed by atoms with E-state index in [1.54, 1.807) is 6.92 Å². The van der Waals surface area contributed by atoms with Crippen LogP contribution in [0, 0.1) is 0 Å². The molecule has 4 heteroatoms. The number of hydrogen-bond acceptors (Lipinski definition) is 4. The molecule has 1 atom stereocenters. The molecule has 0 radical (unpaired) electrons. The number of hydrogen-bond donors (Lipinski definition) is 1. The van der Waals surface area contributed by atoms with Gasteiger partial charge in [0.2, 0.25) is 0 Å². The third-order valence-electron chi connectivity index (χ3n) is 1.95.